The smallest absolute Gasteiger partial charge is 0.198 e. The summed E-state index contributed by atoms with van der Waals surface area (Å²) < 4.78 is 10.6. The Kier molecular flexibility index (Phi) is 4.28. The molecule has 1 aromatic carbocycles. The highest BCUT2D eigenvalue weighted by atomic mass is 35.5. The van der Waals surface area contributed by atoms with Gasteiger partial charge in [0.15, 0.2) is 5.22 Å². The van der Waals surface area contributed by atoms with E-state index in [1.165, 1.54) is 0 Å². The van der Waals surface area contributed by atoms with E-state index in [0.717, 1.165) is 23.4 Å². The van der Waals surface area contributed by atoms with Crippen LogP contribution in [-0.4, -0.2) is 13.7 Å². The molecule has 1 heterocycles. The van der Waals surface area contributed by atoms with E-state index in [1.807, 2.05) is 30.3 Å². The summed E-state index contributed by atoms with van der Waals surface area (Å²) in [6, 6.07) is 9.74. The van der Waals surface area contributed by atoms with Crippen molar-refractivity contribution in [1.29, 1.82) is 0 Å². The van der Waals surface area contributed by atoms with Crippen LogP contribution < -0.4 is 10.1 Å². The second-order valence-electron chi connectivity index (χ2n) is 3.88. The maximum atomic E-state index is 6.07. The minimum atomic E-state index is -0.0302. The van der Waals surface area contributed by atoms with E-state index in [4.69, 9.17) is 20.8 Å². The van der Waals surface area contributed by atoms with Gasteiger partial charge in [-0.25, -0.2) is 0 Å². The van der Waals surface area contributed by atoms with Crippen molar-refractivity contribution in [1.82, 2.24) is 5.32 Å². The van der Waals surface area contributed by atoms with Crippen molar-refractivity contribution in [2.45, 2.75) is 13.0 Å². The molecule has 0 aliphatic heterocycles. The van der Waals surface area contributed by atoms with Crippen molar-refractivity contribution in [3.63, 3.8) is 0 Å². The molecule has 4 heteroatoms. The Bertz CT molecular complexity index is 510. The van der Waals surface area contributed by atoms with E-state index in [-0.39, 0.29) is 6.04 Å². The largest absolute Gasteiger partial charge is 0.496 e. The Morgan fingerprint density at radius 1 is 1.28 bits per heavy atom. The van der Waals surface area contributed by atoms with Gasteiger partial charge < -0.3 is 14.5 Å². The van der Waals surface area contributed by atoms with Crippen molar-refractivity contribution in [3.8, 4) is 5.75 Å². The van der Waals surface area contributed by atoms with E-state index in [2.05, 4.69) is 12.2 Å². The Balaban J connectivity index is 2.45. The molecule has 96 valence electrons. The van der Waals surface area contributed by atoms with Crippen LogP contribution in [0.15, 0.2) is 41.0 Å². The highest BCUT2D eigenvalue weighted by molar-refractivity contribution is 6.29. The molecule has 0 saturated heterocycles. The molecular formula is C14H16ClNO2. The summed E-state index contributed by atoms with van der Waals surface area (Å²) in [6.45, 7) is 2.88. The molecule has 18 heavy (non-hydrogen) atoms. The highest BCUT2D eigenvalue weighted by Gasteiger charge is 2.21. The van der Waals surface area contributed by atoms with Crippen LogP contribution in [0.2, 0.25) is 5.22 Å². The second-order valence-corrected chi connectivity index (χ2v) is 4.23. The molecule has 2 aromatic rings. The number of hydrogen-bond acceptors (Lipinski definition) is 3. The van der Waals surface area contributed by atoms with Crippen LogP contribution in [0, 0.1) is 0 Å². The number of ether oxygens (including phenoxy) is 1. The van der Waals surface area contributed by atoms with Gasteiger partial charge in [-0.3, -0.25) is 0 Å². The molecule has 0 spiro atoms. The van der Waals surface area contributed by atoms with Gasteiger partial charge in [-0.05, 0) is 30.3 Å². The number of hydrogen-bond donors (Lipinski definition) is 1. The molecule has 3 nitrogen and oxygen atoms in total. The quantitative estimate of drug-likeness (QED) is 0.896. The summed E-state index contributed by atoms with van der Waals surface area (Å²) in [6.07, 6.45) is 1.59. The number of halogens is 1. The van der Waals surface area contributed by atoms with Gasteiger partial charge in [0.25, 0.3) is 0 Å². The fourth-order valence-corrected chi connectivity index (χ4v) is 2.23. The summed E-state index contributed by atoms with van der Waals surface area (Å²) in [5.41, 5.74) is 1.97. The fourth-order valence-electron chi connectivity index (χ4n) is 2.01. The Morgan fingerprint density at radius 3 is 2.67 bits per heavy atom. The third-order valence-electron chi connectivity index (χ3n) is 2.82. The zero-order chi connectivity index (χ0) is 13.0. The number of nitrogens with one attached hydrogen (secondary N) is 1. The number of para-hydroxylation sites is 1. The maximum Gasteiger partial charge on any atom is 0.198 e. The first-order valence-electron chi connectivity index (χ1n) is 5.87. The number of rotatable bonds is 5. The molecule has 0 amide bonds. The van der Waals surface area contributed by atoms with Gasteiger partial charge in [0.2, 0.25) is 0 Å². The van der Waals surface area contributed by atoms with Crippen molar-refractivity contribution in [2.75, 3.05) is 13.7 Å². The van der Waals surface area contributed by atoms with E-state index in [9.17, 15) is 0 Å². The number of furan rings is 1. The summed E-state index contributed by atoms with van der Waals surface area (Å²) in [5, 5.41) is 3.80. The Labute approximate surface area is 112 Å². The average molecular weight is 266 g/mol. The van der Waals surface area contributed by atoms with Gasteiger partial charge in [-0.15, -0.1) is 0 Å². The van der Waals surface area contributed by atoms with Crippen molar-refractivity contribution in [3.05, 3.63) is 52.9 Å². The normalized spacial score (nSPS) is 12.4. The molecule has 2 rings (SSSR count). The first kappa shape index (κ1) is 13.0. The van der Waals surface area contributed by atoms with Crippen LogP contribution in [-0.2, 0) is 0 Å². The lowest BCUT2D eigenvalue weighted by Crippen LogP contribution is -2.22. The van der Waals surface area contributed by atoms with Gasteiger partial charge >= 0.3 is 0 Å². The van der Waals surface area contributed by atoms with Gasteiger partial charge in [0.05, 0.1) is 19.4 Å². The van der Waals surface area contributed by atoms with E-state index >= 15 is 0 Å². The summed E-state index contributed by atoms with van der Waals surface area (Å²) in [7, 11) is 1.67. The van der Waals surface area contributed by atoms with Crippen LogP contribution in [0.4, 0.5) is 0 Å². The first-order valence-corrected chi connectivity index (χ1v) is 6.25. The molecule has 0 aliphatic carbocycles. The zero-order valence-corrected chi connectivity index (χ0v) is 11.2. The lowest BCUT2D eigenvalue weighted by atomic mass is 10.00. The van der Waals surface area contributed by atoms with Crippen LogP contribution in [0.1, 0.15) is 24.1 Å². The fraction of sp³-hybridized carbons (Fsp3) is 0.286. The molecule has 1 unspecified atom stereocenters. The van der Waals surface area contributed by atoms with Crippen molar-refractivity contribution in [2.24, 2.45) is 0 Å². The first-order chi connectivity index (χ1) is 8.77. The molecule has 0 bridgehead atoms. The highest BCUT2D eigenvalue weighted by Crippen LogP contribution is 2.33. The number of benzene rings is 1. The third-order valence-corrected chi connectivity index (χ3v) is 3.12. The minimum absolute atomic E-state index is 0.0302. The molecule has 0 aliphatic rings. The Hall–Kier alpha value is -1.45. The Morgan fingerprint density at radius 2 is 2.06 bits per heavy atom. The van der Waals surface area contributed by atoms with Crippen LogP contribution >= 0.6 is 11.6 Å². The van der Waals surface area contributed by atoms with E-state index < -0.39 is 0 Å². The SMILES string of the molecule is CCNC(c1ccccc1OC)c1ccoc1Cl. The molecule has 0 radical (unpaired) electrons. The lowest BCUT2D eigenvalue weighted by molar-refractivity contribution is 0.404. The lowest BCUT2D eigenvalue weighted by Gasteiger charge is -2.19. The monoisotopic (exact) mass is 265 g/mol. The van der Waals surface area contributed by atoms with Gasteiger partial charge in [0.1, 0.15) is 5.75 Å². The van der Waals surface area contributed by atoms with Crippen molar-refractivity contribution >= 4 is 11.6 Å². The van der Waals surface area contributed by atoms with Crippen LogP contribution in [0.25, 0.3) is 0 Å². The summed E-state index contributed by atoms with van der Waals surface area (Å²) in [5.74, 6) is 0.834. The van der Waals surface area contributed by atoms with E-state index in [1.54, 1.807) is 13.4 Å². The summed E-state index contributed by atoms with van der Waals surface area (Å²) >= 11 is 6.07. The molecule has 1 aromatic heterocycles. The summed E-state index contributed by atoms with van der Waals surface area (Å²) in [4.78, 5) is 0. The van der Waals surface area contributed by atoms with E-state index in [0.29, 0.717) is 5.22 Å². The van der Waals surface area contributed by atoms with Crippen molar-refractivity contribution < 1.29 is 9.15 Å². The van der Waals surface area contributed by atoms with Crippen LogP contribution in [0.3, 0.4) is 0 Å². The molecular weight excluding hydrogens is 250 g/mol. The van der Waals surface area contributed by atoms with Gasteiger partial charge in [0, 0.05) is 11.1 Å². The standard InChI is InChI=1S/C14H16ClNO2/c1-3-16-13(11-8-9-18-14(11)15)10-6-4-5-7-12(10)17-2/h4-9,13,16H,3H2,1-2H3. The molecule has 1 N–H and O–H groups in total. The predicted molar refractivity (Wildman–Crippen MR) is 72.2 cm³/mol. The zero-order valence-electron chi connectivity index (χ0n) is 10.4. The molecule has 0 fully saturated rings. The third kappa shape index (κ3) is 2.52. The molecule has 1 atom stereocenters. The topological polar surface area (TPSA) is 34.4 Å². The molecule has 0 saturated carbocycles. The maximum absolute atomic E-state index is 6.07. The average Bonchev–Trinajstić information content (AvgIpc) is 2.82. The van der Waals surface area contributed by atoms with Gasteiger partial charge in [-0.2, -0.15) is 0 Å². The van der Waals surface area contributed by atoms with Gasteiger partial charge in [-0.1, -0.05) is 25.1 Å². The predicted octanol–water partition coefficient (Wildman–Crippen LogP) is 3.64. The second kappa shape index (κ2) is 5.94. The number of methoxy groups -OCH3 is 1. The van der Waals surface area contributed by atoms with Crippen LogP contribution in [0.5, 0.6) is 5.75 Å². The minimum Gasteiger partial charge on any atom is -0.496 e.